The molecule has 0 bridgehead atoms. The molecular formula is C27H33F9N4O5. The average molecular weight is 665 g/mol. The average Bonchev–Trinajstić information content (AvgIpc) is 2.95. The maximum atomic E-state index is 13.5. The molecule has 0 radical (unpaired) electrons. The number of nitrogens with zero attached hydrogens (tertiary/aromatic N) is 4. The van der Waals surface area contributed by atoms with Gasteiger partial charge in [-0.25, -0.2) is 4.79 Å². The van der Waals surface area contributed by atoms with E-state index in [0.29, 0.717) is 11.5 Å². The molecule has 2 amide bonds. The lowest BCUT2D eigenvalue weighted by molar-refractivity contribution is -0.308. The lowest BCUT2D eigenvalue weighted by Crippen LogP contribution is -2.52. The van der Waals surface area contributed by atoms with Gasteiger partial charge in [0.05, 0.1) is 18.7 Å². The summed E-state index contributed by atoms with van der Waals surface area (Å²) < 4.78 is 126. The molecule has 0 unspecified atom stereocenters. The highest BCUT2D eigenvalue weighted by molar-refractivity contribution is 5.96. The van der Waals surface area contributed by atoms with E-state index in [2.05, 4.69) is 4.74 Å². The summed E-state index contributed by atoms with van der Waals surface area (Å²) in [5.41, 5.74) is -1.07. The van der Waals surface area contributed by atoms with E-state index in [-0.39, 0.29) is 76.6 Å². The first-order chi connectivity index (χ1) is 20.9. The topological polar surface area (TPSA) is 82.6 Å². The van der Waals surface area contributed by atoms with E-state index >= 15 is 0 Å². The van der Waals surface area contributed by atoms with E-state index < -0.39 is 48.2 Å². The van der Waals surface area contributed by atoms with Crippen molar-refractivity contribution in [2.75, 3.05) is 65.5 Å². The molecule has 0 aromatic heterocycles. The summed E-state index contributed by atoms with van der Waals surface area (Å²) in [5.74, 6) is -1.09. The number of ether oxygens (including phenoxy) is 2. The predicted molar refractivity (Wildman–Crippen MR) is 139 cm³/mol. The zero-order valence-corrected chi connectivity index (χ0v) is 24.2. The second-order valence-corrected chi connectivity index (χ2v) is 10.6. The lowest BCUT2D eigenvalue weighted by Gasteiger charge is -2.36. The van der Waals surface area contributed by atoms with E-state index in [1.54, 1.807) is 9.80 Å². The third-order valence-electron chi connectivity index (χ3n) is 7.28. The minimum absolute atomic E-state index is 0.00708. The molecule has 9 nitrogen and oxygen atoms in total. The summed E-state index contributed by atoms with van der Waals surface area (Å²) in [5, 5.41) is 0. The van der Waals surface area contributed by atoms with Crippen molar-refractivity contribution in [1.82, 2.24) is 19.6 Å². The van der Waals surface area contributed by atoms with E-state index in [4.69, 9.17) is 4.74 Å². The lowest BCUT2D eigenvalue weighted by atomic mass is 10.0. The van der Waals surface area contributed by atoms with Crippen molar-refractivity contribution in [1.29, 1.82) is 0 Å². The van der Waals surface area contributed by atoms with Gasteiger partial charge in [-0.15, -0.1) is 0 Å². The molecule has 2 aliphatic rings. The molecule has 2 fully saturated rings. The van der Waals surface area contributed by atoms with E-state index in [9.17, 15) is 53.9 Å². The first kappa shape index (κ1) is 36.2. The number of esters is 1. The number of amides is 2. The number of hydrogen-bond acceptors (Lipinski definition) is 7. The summed E-state index contributed by atoms with van der Waals surface area (Å²) in [6.45, 7) is 2.20. The molecule has 0 saturated carbocycles. The number of halogens is 9. The van der Waals surface area contributed by atoms with Crippen molar-refractivity contribution in [3.63, 3.8) is 0 Å². The molecule has 1 aromatic carbocycles. The summed E-state index contributed by atoms with van der Waals surface area (Å²) in [6.07, 6.45) is -21.0. The quantitative estimate of drug-likeness (QED) is 0.218. The normalized spacial score (nSPS) is 17.5. The molecule has 0 N–H and O–H groups in total. The van der Waals surface area contributed by atoms with Crippen molar-refractivity contribution in [2.24, 2.45) is 0 Å². The predicted octanol–water partition coefficient (Wildman–Crippen LogP) is 4.55. The largest absolute Gasteiger partial charge is 0.465 e. The van der Waals surface area contributed by atoms with Crippen molar-refractivity contribution in [3.05, 3.63) is 34.9 Å². The van der Waals surface area contributed by atoms with Gasteiger partial charge >= 0.3 is 30.6 Å². The minimum Gasteiger partial charge on any atom is -0.465 e. The van der Waals surface area contributed by atoms with Crippen LogP contribution in [0.5, 0.6) is 0 Å². The second-order valence-electron chi connectivity index (χ2n) is 10.6. The summed E-state index contributed by atoms with van der Waals surface area (Å²) >= 11 is 0. The van der Waals surface area contributed by atoms with Crippen molar-refractivity contribution < 1.29 is 63.4 Å². The van der Waals surface area contributed by atoms with Gasteiger partial charge in [-0.05, 0) is 24.1 Å². The van der Waals surface area contributed by atoms with Crippen LogP contribution in [-0.4, -0.2) is 122 Å². The number of carbonyl (C=O) groups excluding carboxylic acids is 3. The van der Waals surface area contributed by atoms with Gasteiger partial charge in [0.2, 0.25) is 0 Å². The molecule has 2 saturated heterocycles. The number of rotatable bonds is 9. The van der Waals surface area contributed by atoms with Gasteiger partial charge in [0.15, 0.2) is 0 Å². The fourth-order valence-corrected chi connectivity index (χ4v) is 4.75. The SMILES string of the molecule is CCCCOC(=O)CN1CCN(C(=O)c2cc(C(F)(F)F)ccc2CN2CCN(C(=O)OC(C(F)(F)F)C(F)(F)F)CC2)CC1. The Morgan fingerprint density at radius 1 is 0.800 bits per heavy atom. The maximum Gasteiger partial charge on any atom is 0.434 e. The van der Waals surface area contributed by atoms with Crippen LogP contribution in [0.25, 0.3) is 0 Å². The van der Waals surface area contributed by atoms with E-state index in [1.165, 1.54) is 4.90 Å². The van der Waals surface area contributed by atoms with Gasteiger partial charge in [0.25, 0.3) is 12.0 Å². The zero-order valence-electron chi connectivity index (χ0n) is 24.2. The van der Waals surface area contributed by atoms with Gasteiger partial charge in [-0.3, -0.25) is 19.4 Å². The Bertz CT molecular complexity index is 1160. The van der Waals surface area contributed by atoms with E-state index in [0.717, 1.165) is 31.0 Å². The van der Waals surface area contributed by atoms with Crippen molar-refractivity contribution in [2.45, 2.75) is 50.9 Å². The summed E-state index contributed by atoms with van der Waals surface area (Å²) in [4.78, 5) is 42.9. The Labute approximate surface area is 252 Å². The van der Waals surface area contributed by atoms with Gasteiger partial charge < -0.3 is 19.3 Å². The van der Waals surface area contributed by atoms with Crippen LogP contribution < -0.4 is 0 Å². The van der Waals surface area contributed by atoms with Crippen LogP contribution in [0.4, 0.5) is 44.3 Å². The standard InChI is InChI=1S/C27H33F9N4O5/c1-2-3-14-44-21(41)17-38-6-10-39(11-7-38)22(42)20-15-19(25(28,29)30)5-4-18(20)16-37-8-12-40(13-9-37)24(43)45-23(26(31,32)33)27(34,35)36/h4-5,15,23H,2-3,6-14,16-17H2,1H3. The van der Waals surface area contributed by atoms with Crippen LogP contribution in [0.15, 0.2) is 18.2 Å². The molecule has 45 heavy (non-hydrogen) atoms. The van der Waals surface area contributed by atoms with Crippen LogP contribution in [0, 0.1) is 0 Å². The molecule has 18 heteroatoms. The van der Waals surface area contributed by atoms with Crippen molar-refractivity contribution >= 4 is 18.0 Å². The minimum atomic E-state index is -5.87. The number of hydrogen-bond donors (Lipinski definition) is 0. The van der Waals surface area contributed by atoms with Crippen LogP contribution in [-0.2, 0) is 27.0 Å². The van der Waals surface area contributed by atoms with Gasteiger partial charge in [0.1, 0.15) is 0 Å². The second kappa shape index (κ2) is 14.9. The van der Waals surface area contributed by atoms with Gasteiger partial charge in [-0.2, -0.15) is 39.5 Å². The monoisotopic (exact) mass is 664 g/mol. The molecule has 0 atom stereocenters. The molecule has 1 aromatic rings. The van der Waals surface area contributed by atoms with Crippen LogP contribution >= 0.6 is 0 Å². The Balaban J connectivity index is 1.64. The van der Waals surface area contributed by atoms with Gasteiger partial charge in [0, 0.05) is 64.5 Å². The Morgan fingerprint density at radius 3 is 1.89 bits per heavy atom. The molecule has 3 rings (SSSR count). The molecule has 2 aliphatic heterocycles. The van der Waals surface area contributed by atoms with Gasteiger partial charge in [-0.1, -0.05) is 19.4 Å². The molecule has 2 heterocycles. The smallest absolute Gasteiger partial charge is 0.434 e. The highest BCUT2D eigenvalue weighted by atomic mass is 19.4. The van der Waals surface area contributed by atoms with E-state index in [1.807, 2.05) is 6.92 Å². The maximum absolute atomic E-state index is 13.5. The number of unbranched alkanes of at least 4 members (excludes halogenated alkanes) is 1. The first-order valence-corrected chi connectivity index (χ1v) is 14.1. The molecule has 0 aliphatic carbocycles. The molecule has 254 valence electrons. The number of alkyl halides is 9. The third kappa shape index (κ3) is 10.4. The van der Waals surface area contributed by atoms with Crippen LogP contribution in [0.2, 0.25) is 0 Å². The van der Waals surface area contributed by atoms with Crippen LogP contribution in [0.3, 0.4) is 0 Å². The Morgan fingerprint density at radius 2 is 1.36 bits per heavy atom. The Kier molecular flexibility index (Phi) is 12.0. The highest BCUT2D eigenvalue weighted by Crippen LogP contribution is 2.36. The number of benzene rings is 1. The van der Waals surface area contributed by atoms with Crippen LogP contribution in [0.1, 0.15) is 41.3 Å². The molecular weight excluding hydrogens is 631 g/mol. The number of piperazine rings is 2. The summed E-state index contributed by atoms with van der Waals surface area (Å²) in [6, 6.07) is 2.67. The Hall–Kier alpha value is -3.28. The molecule has 0 spiro atoms. The zero-order chi connectivity index (χ0) is 33.6. The first-order valence-electron chi connectivity index (χ1n) is 14.1. The van der Waals surface area contributed by atoms with Crippen molar-refractivity contribution in [3.8, 4) is 0 Å². The number of carbonyl (C=O) groups is 3. The summed E-state index contributed by atoms with van der Waals surface area (Å²) in [7, 11) is 0. The highest BCUT2D eigenvalue weighted by Gasteiger charge is 2.60. The third-order valence-corrected chi connectivity index (χ3v) is 7.28. The fourth-order valence-electron chi connectivity index (χ4n) is 4.75. The fraction of sp³-hybridized carbons (Fsp3) is 0.667.